The Bertz CT molecular complexity index is 578. The molecule has 0 fully saturated rings. The predicted molar refractivity (Wildman–Crippen MR) is 87.0 cm³/mol. The number of anilines is 1. The summed E-state index contributed by atoms with van der Waals surface area (Å²) in [5, 5.41) is 0. The topological polar surface area (TPSA) is 16.4 Å². The highest BCUT2D eigenvalue weighted by Crippen LogP contribution is 2.28. The molecule has 2 rings (SSSR count). The zero-order valence-corrected chi connectivity index (χ0v) is 13.5. The van der Waals surface area contributed by atoms with E-state index in [2.05, 4.69) is 66.9 Å². The molecule has 1 aromatic carbocycles. The van der Waals surface area contributed by atoms with Gasteiger partial charge < -0.3 is 9.64 Å². The number of benzene rings is 1. The predicted octanol–water partition coefficient (Wildman–Crippen LogP) is 3.13. The summed E-state index contributed by atoms with van der Waals surface area (Å²) >= 11 is 0. The highest BCUT2D eigenvalue weighted by atomic mass is 16.5. The number of rotatable bonds is 6. The van der Waals surface area contributed by atoms with Crippen molar-refractivity contribution in [2.75, 3.05) is 25.1 Å². The maximum atomic E-state index is 5.50. The number of aromatic nitrogens is 1. The molecule has 0 radical (unpaired) electrons. The molecule has 0 saturated heterocycles. The van der Waals surface area contributed by atoms with Crippen molar-refractivity contribution < 1.29 is 9.30 Å². The van der Waals surface area contributed by atoms with Crippen LogP contribution >= 0.6 is 0 Å². The van der Waals surface area contributed by atoms with Gasteiger partial charge >= 0.3 is 0 Å². The largest absolute Gasteiger partial charge is 0.495 e. The Morgan fingerprint density at radius 2 is 1.76 bits per heavy atom. The van der Waals surface area contributed by atoms with Crippen LogP contribution < -0.4 is 14.2 Å². The molecule has 21 heavy (non-hydrogen) atoms. The number of aryl methyl sites for hydroxylation is 2. The summed E-state index contributed by atoms with van der Waals surface area (Å²) in [5.41, 5.74) is 3.72. The van der Waals surface area contributed by atoms with Crippen LogP contribution in [0.5, 0.6) is 5.75 Å². The molecule has 0 saturated carbocycles. The van der Waals surface area contributed by atoms with Gasteiger partial charge in [-0.05, 0) is 44.0 Å². The lowest BCUT2D eigenvalue weighted by Crippen LogP contribution is -2.40. The van der Waals surface area contributed by atoms with Crippen molar-refractivity contribution in [1.82, 2.24) is 0 Å². The summed E-state index contributed by atoms with van der Waals surface area (Å²) in [4.78, 5) is 2.36. The van der Waals surface area contributed by atoms with Gasteiger partial charge in [0.25, 0.3) is 0 Å². The molecule has 112 valence electrons. The van der Waals surface area contributed by atoms with Crippen LogP contribution in [0.3, 0.4) is 0 Å². The van der Waals surface area contributed by atoms with Crippen LogP contribution in [0.2, 0.25) is 0 Å². The zero-order valence-electron chi connectivity index (χ0n) is 13.5. The third-order valence-electron chi connectivity index (χ3n) is 3.74. The van der Waals surface area contributed by atoms with Crippen LogP contribution in [0.25, 0.3) is 0 Å². The zero-order chi connectivity index (χ0) is 15.2. The molecule has 1 aromatic heterocycles. The molecule has 1 heterocycles. The molecular formula is C18H25N2O+. The van der Waals surface area contributed by atoms with E-state index in [-0.39, 0.29) is 0 Å². The van der Waals surface area contributed by atoms with Gasteiger partial charge in [-0.15, -0.1) is 0 Å². The molecular weight excluding hydrogens is 260 g/mol. The van der Waals surface area contributed by atoms with Crippen molar-refractivity contribution in [3.8, 4) is 5.75 Å². The van der Waals surface area contributed by atoms with E-state index < -0.39 is 0 Å². The van der Waals surface area contributed by atoms with E-state index >= 15 is 0 Å². The van der Waals surface area contributed by atoms with E-state index in [1.54, 1.807) is 7.11 Å². The van der Waals surface area contributed by atoms with Crippen LogP contribution in [0.15, 0.2) is 42.7 Å². The standard InChI is InChI=1S/C18H25N2O/c1-5-20(13-12-19-10-8-15(2)9-11-19)17-14-16(3)6-7-18(17)21-4/h6-11,14H,5,12-13H2,1-4H3/q+1. The number of likely N-dealkylation sites (N-methyl/N-ethyl adjacent to an activating group) is 1. The van der Waals surface area contributed by atoms with Crippen LogP contribution in [0.1, 0.15) is 18.1 Å². The lowest BCUT2D eigenvalue weighted by atomic mass is 10.2. The number of ether oxygens (including phenoxy) is 1. The van der Waals surface area contributed by atoms with Crippen LogP contribution in [0.4, 0.5) is 5.69 Å². The molecule has 0 amide bonds. The fraction of sp³-hybridized carbons (Fsp3) is 0.389. The van der Waals surface area contributed by atoms with Crippen LogP contribution in [-0.4, -0.2) is 20.2 Å². The first-order valence-corrected chi connectivity index (χ1v) is 7.49. The second-order valence-corrected chi connectivity index (χ2v) is 5.37. The van der Waals surface area contributed by atoms with Gasteiger partial charge in [-0.3, -0.25) is 0 Å². The highest BCUT2D eigenvalue weighted by molar-refractivity contribution is 5.59. The Balaban J connectivity index is 2.12. The Hall–Kier alpha value is -2.03. The summed E-state index contributed by atoms with van der Waals surface area (Å²) in [6, 6.07) is 10.6. The van der Waals surface area contributed by atoms with E-state index in [9.17, 15) is 0 Å². The molecule has 2 aromatic rings. The third kappa shape index (κ3) is 3.97. The van der Waals surface area contributed by atoms with Gasteiger partial charge in [0.15, 0.2) is 18.9 Å². The van der Waals surface area contributed by atoms with Crippen molar-refractivity contribution in [2.24, 2.45) is 0 Å². The van der Waals surface area contributed by atoms with Crippen molar-refractivity contribution in [2.45, 2.75) is 27.3 Å². The second kappa shape index (κ2) is 7.11. The number of hydrogen-bond donors (Lipinski definition) is 0. The normalized spacial score (nSPS) is 10.5. The van der Waals surface area contributed by atoms with Gasteiger partial charge in [-0.2, -0.15) is 0 Å². The molecule has 0 aliphatic heterocycles. The second-order valence-electron chi connectivity index (χ2n) is 5.37. The maximum Gasteiger partial charge on any atom is 0.169 e. The Morgan fingerprint density at radius 1 is 1.05 bits per heavy atom. The summed E-state index contributed by atoms with van der Waals surface area (Å²) in [6.45, 7) is 9.30. The Morgan fingerprint density at radius 3 is 2.38 bits per heavy atom. The molecule has 0 bridgehead atoms. The first-order valence-electron chi connectivity index (χ1n) is 7.49. The summed E-state index contributed by atoms with van der Waals surface area (Å²) < 4.78 is 7.72. The lowest BCUT2D eigenvalue weighted by molar-refractivity contribution is -0.694. The molecule has 0 aliphatic carbocycles. The van der Waals surface area contributed by atoms with Gasteiger partial charge in [-0.25, -0.2) is 4.57 Å². The lowest BCUT2D eigenvalue weighted by Gasteiger charge is -2.24. The molecule has 0 unspecified atom stereocenters. The van der Waals surface area contributed by atoms with E-state index in [1.807, 2.05) is 6.07 Å². The third-order valence-corrected chi connectivity index (χ3v) is 3.74. The molecule has 0 spiro atoms. The van der Waals surface area contributed by atoms with E-state index in [4.69, 9.17) is 4.74 Å². The number of hydrogen-bond acceptors (Lipinski definition) is 2. The van der Waals surface area contributed by atoms with Crippen molar-refractivity contribution >= 4 is 5.69 Å². The highest BCUT2D eigenvalue weighted by Gasteiger charge is 2.12. The van der Waals surface area contributed by atoms with E-state index in [0.29, 0.717) is 0 Å². The maximum absolute atomic E-state index is 5.50. The number of methoxy groups -OCH3 is 1. The molecule has 3 heteroatoms. The smallest absolute Gasteiger partial charge is 0.169 e. The Labute approximate surface area is 127 Å². The average molecular weight is 285 g/mol. The number of pyridine rings is 1. The van der Waals surface area contributed by atoms with Gasteiger partial charge in [0, 0.05) is 18.7 Å². The summed E-state index contributed by atoms with van der Waals surface area (Å²) in [7, 11) is 1.73. The quantitative estimate of drug-likeness (QED) is 0.758. The number of nitrogens with zero attached hydrogens (tertiary/aromatic N) is 2. The van der Waals surface area contributed by atoms with Gasteiger partial charge in [0.2, 0.25) is 0 Å². The van der Waals surface area contributed by atoms with Crippen molar-refractivity contribution in [3.05, 3.63) is 53.9 Å². The van der Waals surface area contributed by atoms with Gasteiger partial charge in [0.1, 0.15) is 5.75 Å². The average Bonchev–Trinajstić information content (AvgIpc) is 2.50. The fourth-order valence-corrected chi connectivity index (χ4v) is 2.41. The van der Waals surface area contributed by atoms with Crippen LogP contribution in [-0.2, 0) is 6.54 Å². The van der Waals surface area contributed by atoms with Crippen molar-refractivity contribution in [1.29, 1.82) is 0 Å². The van der Waals surface area contributed by atoms with Gasteiger partial charge in [0.05, 0.1) is 19.3 Å². The van der Waals surface area contributed by atoms with E-state index in [1.165, 1.54) is 16.8 Å². The Kier molecular flexibility index (Phi) is 5.20. The first kappa shape index (κ1) is 15.4. The monoisotopic (exact) mass is 285 g/mol. The molecule has 3 nitrogen and oxygen atoms in total. The summed E-state index contributed by atoms with van der Waals surface area (Å²) in [5.74, 6) is 0.941. The van der Waals surface area contributed by atoms with Crippen LogP contribution in [0, 0.1) is 13.8 Å². The SMILES string of the molecule is CCN(CC[n+]1ccc(C)cc1)c1cc(C)ccc1OC. The minimum absolute atomic E-state index is 0.941. The fourth-order valence-electron chi connectivity index (χ4n) is 2.41. The molecule has 0 N–H and O–H groups in total. The van der Waals surface area contributed by atoms with Crippen molar-refractivity contribution in [3.63, 3.8) is 0 Å². The summed E-state index contributed by atoms with van der Waals surface area (Å²) in [6.07, 6.45) is 4.27. The molecule has 0 atom stereocenters. The van der Waals surface area contributed by atoms with Gasteiger partial charge in [-0.1, -0.05) is 6.07 Å². The van der Waals surface area contributed by atoms with E-state index in [0.717, 1.165) is 25.4 Å². The molecule has 0 aliphatic rings. The minimum atomic E-state index is 0.941. The minimum Gasteiger partial charge on any atom is -0.495 e. The first-order chi connectivity index (χ1) is 10.1.